The Balaban J connectivity index is 1.39. The number of urea groups is 1. The monoisotopic (exact) mass is 399 g/mol. The molecule has 1 spiro atoms. The summed E-state index contributed by atoms with van der Waals surface area (Å²) in [5, 5.41) is 6.47. The van der Waals surface area contributed by atoms with E-state index in [1.54, 1.807) is 0 Å². The summed E-state index contributed by atoms with van der Waals surface area (Å²) < 4.78 is 5.66. The highest BCUT2D eigenvalue weighted by molar-refractivity contribution is 5.89. The van der Waals surface area contributed by atoms with E-state index in [1.165, 1.54) is 6.42 Å². The van der Waals surface area contributed by atoms with Gasteiger partial charge in [0, 0.05) is 50.4 Å². The first-order chi connectivity index (χ1) is 14.2. The van der Waals surface area contributed by atoms with Gasteiger partial charge in [0.05, 0.1) is 13.2 Å². The lowest BCUT2D eigenvalue weighted by molar-refractivity contribution is 0.156. The first-order valence-corrected chi connectivity index (χ1v) is 10.9. The maximum atomic E-state index is 12.3. The van der Waals surface area contributed by atoms with Gasteiger partial charge in [-0.25, -0.2) is 9.79 Å². The van der Waals surface area contributed by atoms with E-state index in [1.807, 2.05) is 23.1 Å². The minimum atomic E-state index is -0.00219. The molecule has 0 bridgehead atoms. The van der Waals surface area contributed by atoms with Gasteiger partial charge in [-0.05, 0) is 50.3 Å². The average Bonchev–Trinajstić information content (AvgIpc) is 3.49. The highest BCUT2D eigenvalue weighted by atomic mass is 16.5. The molecule has 3 fully saturated rings. The van der Waals surface area contributed by atoms with Gasteiger partial charge in [-0.1, -0.05) is 12.1 Å². The highest BCUT2D eigenvalue weighted by Crippen LogP contribution is 2.38. The Bertz CT molecular complexity index is 738. The molecule has 0 saturated carbocycles. The van der Waals surface area contributed by atoms with Crippen molar-refractivity contribution in [2.75, 3.05) is 51.3 Å². The zero-order chi connectivity index (χ0) is 20.1. The van der Waals surface area contributed by atoms with Gasteiger partial charge in [-0.3, -0.25) is 0 Å². The van der Waals surface area contributed by atoms with Crippen molar-refractivity contribution in [1.82, 2.24) is 15.1 Å². The van der Waals surface area contributed by atoms with Crippen LogP contribution >= 0.6 is 0 Å². The number of nitrogens with one attached hydrogen (secondary N) is 2. The van der Waals surface area contributed by atoms with Crippen molar-refractivity contribution in [2.24, 2.45) is 10.4 Å². The molecule has 1 aromatic rings. The predicted molar refractivity (Wildman–Crippen MR) is 115 cm³/mol. The molecule has 2 amide bonds. The second-order valence-electron chi connectivity index (χ2n) is 8.47. The van der Waals surface area contributed by atoms with Gasteiger partial charge in [0.2, 0.25) is 0 Å². The Morgan fingerprint density at radius 3 is 2.83 bits per heavy atom. The summed E-state index contributed by atoms with van der Waals surface area (Å²) in [5.74, 6) is 0.975. The summed E-state index contributed by atoms with van der Waals surface area (Å²) in [5.41, 5.74) is 2.25. The largest absolute Gasteiger partial charge is 0.381 e. The lowest BCUT2D eigenvalue weighted by Gasteiger charge is -2.25. The molecule has 0 radical (unpaired) electrons. The molecule has 0 aromatic heterocycles. The molecule has 2 N–H and O–H groups in total. The van der Waals surface area contributed by atoms with Crippen LogP contribution in [0.1, 0.15) is 38.2 Å². The molecule has 0 aliphatic carbocycles. The van der Waals surface area contributed by atoms with Crippen LogP contribution in [-0.2, 0) is 11.3 Å². The number of aliphatic imine (C=N–C) groups is 1. The summed E-state index contributed by atoms with van der Waals surface area (Å²) in [6, 6.07) is 8.01. The minimum Gasteiger partial charge on any atom is -0.381 e. The fraction of sp³-hybridized carbons (Fsp3) is 0.636. The van der Waals surface area contributed by atoms with Crippen LogP contribution in [0.3, 0.4) is 0 Å². The van der Waals surface area contributed by atoms with Gasteiger partial charge in [0.15, 0.2) is 5.96 Å². The Morgan fingerprint density at radius 2 is 2.07 bits per heavy atom. The number of anilines is 1. The molecule has 3 aliphatic rings. The molecule has 3 aliphatic heterocycles. The van der Waals surface area contributed by atoms with E-state index in [2.05, 4.69) is 28.5 Å². The van der Waals surface area contributed by atoms with Crippen LogP contribution in [0.5, 0.6) is 0 Å². The van der Waals surface area contributed by atoms with Crippen molar-refractivity contribution < 1.29 is 9.53 Å². The lowest BCUT2D eigenvalue weighted by Crippen LogP contribution is -2.41. The summed E-state index contributed by atoms with van der Waals surface area (Å²) in [6.07, 6.45) is 4.52. The van der Waals surface area contributed by atoms with Crippen LogP contribution in [0, 0.1) is 5.41 Å². The van der Waals surface area contributed by atoms with Crippen molar-refractivity contribution in [3.8, 4) is 0 Å². The van der Waals surface area contributed by atoms with Gasteiger partial charge < -0.3 is 25.2 Å². The van der Waals surface area contributed by atoms with E-state index in [-0.39, 0.29) is 6.03 Å². The zero-order valence-electron chi connectivity index (χ0n) is 17.5. The molecule has 3 heterocycles. The SMILES string of the molecule is CCNC(=NCc1cccc(NC(=O)N2CCCC2)c1)N1CCC2(CCOC2)C1. The quantitative estimate of drug-likeness (QED) is 0.603. The second-order valence-corrected chi connectivity index (χ2v) is 8.47. The number of carbonyl (C=O) groups excluding carboxylic acids is 1. The molecular weight excluding hydrogens is 366 g/mol. The van der Waals surface area contributed by atoms with Crippen molar-refractivity contribution in [1.29, 1.82) is 0 Å². The number of guanidine groups is 1. The van der Waals surface area contributed by atoms with Crippen molar-refractivity contribution >= 4 is 17.7 Å². The normalized spacial score (nSPS) is 24.5. The molecule has 4 rings (SSSR count). The van der Waals surface area contributed by atoms with Crippen molar-refractivity contribution in [2.45, 2.75) is 39.2 Å². The molecule has 1 atom stereocenters. The predicted octanol–water partition coefficient (Wildman–Crippen LogP) is 2.89. The Labute approximate surface area is 173 Å². The number of carbonyl (C=O) groups is 1. The molecule has 1 aromatic carbocycles. The third-order valence-electron chi connectivity index (χ3n) is 6.24. The maximum absolute atomic E-state index is 12.3. The van der Waals surface area contributed by atoms with Crippen molar-refractivity contribution in [3.63, 3.8) is 0 Å². The number of nitrogens with zero attached hydrogens (tertiary/aromatic N) is 3. The van der Waals surface area contributed by atoms with E-state index < -0.39 is 0 Å². The Kier molecular flexibility index (Phi) is 6.23. The Hall–Kier alpha value is -2.28. The molecule has 7 nitrogen and oxygen atoms in total. The summed E-state index contributed by atoms with van der Waals surface area (Å²) >= 11 is 0. The molecule has 3 saturated heterocycles. The first-order valence-electron chi connectivity index (χ1n) is 10.9. The van der Waals surface area contributed by atoms with E-state index in [9.17, 15) is 4.79 Å². The number of hydrogen-bond acceptors (Lipinski definition) is 3. The standard InChI is InChI=1S/C22H33N5O2/c1-2-23-20(27-12-8-22(16-27)9-13-29-17-22)24-15-18-6-5-7-19(14-18)25-21(28)26-10-3-4-11-26/h5-7,14H,2-4,8-13,15-17H2,1H3,(H,23,24)(H,25,28). The molecular formula is C22H33N5O2. The summed E-state index contributed by atoms with van der Waals surface area (Å²) in [7, 11) is 0. The fourth-order valence-electron chi connectivity index (χ4n) is 4.55. The van der Waals surface area contributed by atoms with Gasteiger partial charge in [-0.15, -0.1) is 0 Å². The van der Waals surface area contributed by atoms with Crippen LogP contribution in [0.15, 0.2) is 29.3 Å². The van der Waals surface area contributed by atoms with E-state index in [4.69, 9.17) is 9.73 Å². The fourth-order valence-corrected chi connectivity index (χ4v) is 4.55. The van der Waals surface area contributed by atoms with Crippen LogP contribution in [0.2, 0.25) is 0 Å². The molecule has 29 heavy (non-hydrogen) atoms. The topological polar surface area (TPSA) is 69.2 Å². The van der Waals surface area contributed by atoms with Crippen LogP contribution in [-0.4, -0.2) is 67.7 Å². The lowest BCUT2D eigenvalue weighted by atomic mass is 9.87. The van der Waals surface area contributed by atoms with Gasteiger partial charge >= 0.3 is 6.03 Å². The summed E-state index contributed by atoms with van der Waals surface area (Å²) in [6.45, 7) is 9.06. The first kappa shape index (κ1) is 20.0. The van der Waals surface area contributed by atoms with Crippen LogP contribution < -0.4 is 10.6 Å². The molecule has 158 valence electrons. The number of benzene rings is 1. The van der Waals surface area contributed by atoms with E-state index in [0.29, 0.717) is 12.0 Å². The summed E-state index contributed by atoms with van der Waals surface area (Å²) in [4.78, 5) is 21.5. The number of ether oxygens (including phenoxy) is 1. The van der Waals surface area contributed by atoms with Gasteiger partial charge in [-0.2, -0.15) is 0 Å². The Morgan fingerprint density at radius 1 is 1.21 bits per heavy atom. The minimum absolute atomic E-state index is 0.00219. The average molecular weight is 400 g/mol. The number of likely N-dealkylation sites (tertiary alicyclic amines) is 2. The third-order valence-corrected chi connectivity index (χ3v) is 6.24. The smallest absolute Gasteiger partial charge is 0.321 e. The number of hydrogen-bond donors (Lipinski definition) is 2. The van der Waals surface area contributed by atoms with Gasteiger partial charge in [0.25, 0.3) is 0 Å². The van der Waals surface area contributed by atoms with Crippen LogP contribution in [0.25, 0.3) is 0 Å². The number of amides is 2. The van der Waals surface area contributed by atoms with E-state index in [0.717, 1.165) is 82.4 Å². The molecule has 1 unspecified atom stereocenters. The van der Waals surface area contributed by atoms with Crippen molar-refractivity contribution in [3.05, 3.63) is 29.8 Å². The zero-order valence-corrected chi connectivity index (χ0v) is 17.5. The van der Waals surface area contributed by atoms with Crippen LogP contribution in [0.4, 0.5) is 10.5 Å². The maximum Gasteiger partial charge on any atom is 0.321 e. The van der Waals surface area contributed by atoms with E-state index >= 15 is 0 Å². The van der Waals surface area contributed by atoms with Gasteiger partial charge in [0.1, 0.15) is 0 Å². The molecule has 7 heteroatoms. The highest BCUT2D eigenvalue weighted by Gasteiger charge is 2.42. The second kappa shape index (κ2) is 9.03. The third kappa shape index (κ3) is 4.83. The number of rotatable bonds is 4.